The number of hydrogen-bond donors (Lipinski definition) is 1. The third-order valence-corrected chi connectivity index (χ3v) is 4.37. The van der Waals surface area contributed by atoms with E-state index >= 15 is 0 Å². The Kier molecular flexibility index (Phi) is 6.02. The van der Waals surface area contributed by atoms with Gasteiger partial charge in [0.25, 0.3) is 0 Å². The van der Waals surface area contributed by atoms with Crippen molar-refractivity contribution in [3.8, 4) is 0 Å². The predicted molar refractivity (Wildman–Crippen MR) is 82.8 cm³/mol. The SMILES string of the molecule is CCNC(Cc1ccc(C)c(C)c1)C(C)(CC)OC. The predicted octanol–water partition coefficient (Wildman–Crippen LogP) is 3.64. The van der Waals surface area contributed by atoms with Crippen molar-refractivity contribution in [3.63, 3.8) is 0 Å². The Morgan fingerprint density at radius 1 is 1.21 bits per heavy atom. The zero-order valence-electron chi connectivity index (χ0n) is 13.3. The first-order chi connectivity index (χ1) is 8.96. The summed E-state index contributed by atoms with van der Waals surface area (Å²) in [5, 5.41) is 3.58. The van der Waals surface area contributed by atoms with Crippen molar-refractivity contribution in [2.24, 2.45) is 0 Å². The number of rotatable bonds is 7. The number of nitrogens with one attached hydrogen (secondary N) is 1. The Morgan fingerprint density at radius 3 is 2.37 bits per heavy atom. The first-order valence-electron chi connectivity index (χ1n) is 7.31. The fraction of sp³-hybridized carbons (Fsp3) is 0.647. The van der Waals surface area contributed by atoms with Crippen molar-refractivity contribution in [3.05, 3.63) is 34.9 Å². The number of benzene rings is 1. The van der Waals surface area contributed by atoms with Gasteiger partial charge in [0, 0.05) is 13.2 Å². The fourth-order valence-corrected chi connectivity index (χ4v) is 2.45. The second kappa shape index (κ2) is 7.06. The van der Waals surface area contributed by atoms with Gasteiger partial charge in [-0.15, -0.1) is 0 Å². The molecule has 2 unspecified atom stereocenters. The van der Waals surface area contributed by atoms with Gasteiger partial charge >= 0.3 is 0 Å². The highest BCUT2D eigenvalue weighted by molar-refractivity contribution is 5.30. The van der Waals surface area contributed by atoms with Gasteiger partial charge in [0.2, 0.25) is 0 Å². The van der Waals surface area contributed by atoms with Gasteiger partial charge in [0.1, 0.15) is 0 Å². The highest BCUT2D eigenvalue weighted by Crippen LogP contribution is 2.23. The van der Waals surface area contributed by atoms with Crippen molar-refractivity contribution in [2.75, 3.05) is 13.7 Å². The molecule has 0 aliphatic heterocycles. The molecule has 0 aliphatic carbocycles. The molecule has 1 aromatic carbocycles. The third-order valence-electron chi connectivity index (χ3n) is 4.37. The topological polar surface area (TPSA) is 21.3 Å². The highest BCUT2D eigenvalue weighted by atomic mass is 16.5. The monoisotopic (exact) mass is 263 g/mol. The Balaban J connectivity index is 2.91. The normalized spacial score (nSPS) is 16.1. The molecule has 19 heavy (non-hydrogen) atoms. The summed E-state index contributed by atoms with van der Waals surface area (Å²) in [5.74, 6) is 0. The van der Waals surface area contributed by atoms with Gasteiger partial charge in [-0.1, -0.05) is 32.0 Å². The summed E-state index contributed by atoms with van der Waals surface area (Å²) in [5.41, 5.74) is 3.98. The molecule has 0 bridgehead atoms. The average Bonchev–Trinajstić information content (AvgIpc) is 2.41. The second-order valence-electron chi connectivity index (χ2n) is 5.60. The molecule has 0 amide bonds. The molecule has 1 rings (SSSR count). The Labute approximate surface area is 118 Å². The number of methoxy groups -OCH3 is 1. The van der Waals surface area contributed by atoms with E-state index in [2.05, 4.69) is 58.1 Å². The van der Waals surface area contributed by atoms with E-state index in [9.17, 15) is 0 Å². The molecule has 1 N–H and O–H groups in total. The molecule has 0 aliphatic rings. The molecule has 0 saturated carbocycles. The van der Waals surface area contributed by atoms with E-state index in [1.54, 1.807) is 0 Å². The lowest BCUT2D eigenvalue weighted by molar-refractivity contribution is -0.0283. The van der Waals surface area contributed by atoms with E-state index in [0.717, 1.165) is 19.4 Å². The summed E-state index contributed by atoms with van der Waals surface area (Å²) in [6.07, 6.45) is 2.01. The van der Waals surface area contributed by atoms with Crippen LogP contribution in [0.5, 0.6) is 0 Å². The van der Waals surface area contributed by atoms with Gasteiger partial charge in [-0.25, -0.2) is 0 Å². The van der Waals surface area contributed by atoms with Crippen molar-refractivity contribution >= 4 is 0 Å². The lowest BCUT2D eigenvalue weighted by atomic mass is 9.87. The van der Waals surface area contributed by atoms with Crippen LogP contribution in [-0.4, -0.2) is 25.3 Å². The smallest absolute Gasteiger partial charge is 0.0803 e. The minimum Gasteiger partial charge on any atom is -0.377 e. The number of ether oxygens (including phenoxy) is 1. The Hall–Kier alpha value is -0.860. The van der Waals surface area contributed by atoms with Gasteiger partial charge in [0.15, 0.2) is 0 Å². The first-order valence-corrected chi connectivity index (χ1v) is 7.31. The largest absolute Gasteiger partial charge is 0.377 e. The molecule has 2 heteroatoms. The van der Waals surface area contributed by atoms with Crippen LogP contribution in [0.2, 0.25) is 0 Å². The van der Waals surface area contributed by atoms with Crippen LogP contribution in [0.1, 0.15) is 43.9 Å². The van der Waals surface area contributed by atoms with E-state index in [1.807, 2.05) is 7.11 Å². The van der Waals surface area contributed by atoms with E-state index in [1.165, 1.54) is 16.7 Å². The van der Waals surface area contributed by atoms with E-state index < -0.39 is 0 Å². The lowest BCUT2D eigenvalue weighted by Crippen LogP contribution is -2.51. The van der Waals surface area contributed by atoms with Crippen molar-refractivity contribution < 1.29 is 4.74 Å². The molecular weight excluding hydrogens is 234 g/mol. The van der Waals surface area contributed by atoms with Crippen molar-refractivity contribution in [2.45, 2.75) is 59.1 Å². The minimum atomic E-state index is -0.116. The van der Waals surface area contributed by atoms with Crippen LogP contribution in [0.4, 0.5) is 0 Å². The summed E-state index contributed by atoms with van der Waals surface area (Å²) in [6, 6.07) is 7.09. The molecule has 0 heterocycles. The molecule has 0 saturated heterocycles. The quantitative estimate of drug-likeness (QED) is 0.811. The summed E-state index contributed by atoms with van der Waals surface area (Å²) in [4.78, 5) is 0. The Bertz CT molecular complexity index is 396. The molecule has 0 radical (unpaired) electrons. The zero-order valence-corrected chi connectivity index (χ0v) is 13.3. The van der Waals surface area contributed by atoms with Crippen LogP contribution >= 0.6 is 0 Å². The molecular formula is C17H29NO. The molecule has 108 valence electrons. The van der Waals surface area contributed by atoms with Gasteiger partial charge < -0.3 is 10.1 Å². The van der Waals surface area contributed by atoms with Crippen molar-refractivity contribution in [1.29, 1.82) is 0 Å². The second-order valence-corrected chi connectivity index (χ2v) is 5.60. The van der Waals surface area contributed by atoms with Gasteiger partial charge in [-0.3, -0.25) is 0 Å². The van der Waals surface area contributed by atoms with Gasteiger partial charge in [0.05, 0.1) is 5.60 Å². The summed E-state index contributed by atoms with van der Waals surface area (Å²) in [7, 11) is 1.81. The molecule has 0 spiro atoms. The number of aryl methyl sites for hydroxylation is 2. The molecule has 0 aromatic heterocycles. The molecule has 1 aromatic rings. The maximum absolute atomic E-state index is 5.77. The van der Waals surface area contributed by atoms with Crippen LogP contribution in [0.25, 0.3) is 0 Å². The maximum Gasteiger partial charge on any atom is 0.0803 e. The summed E-state index contributed by atoms with van der Waals surface area (Å²) < 4.78 is 5.77. The van der Waals surface area contributed by atoms with E-state index in [4.69, 9.17) is 4.74 Å². The first kappa shape index (κ1) is 16.2. The Morgan fingerprint density at radius 2 is 1.89 bits per heavy atom. The zero-order chi connectivity index (χ0) is 14.5. The van der Waals surface area contributed by atoms with Crippen LogP contribution in [-0.2, 0) is 11.2 Å². The van der Waals surface area contributed by atoms with Crippen LogP contribution in [0, 0.1) is 13.8 Å². The van der Waals surface area contributed by atoms with Crippen LogP contribution < -0.4 is 5.32 Å². The summed E-state index contributed by atoms with van der Waals surface area (Å²) in [6.45, 7) is 11.8. The molecule has 0 fully saturated rings. The highest BCUT2D eigenvalue weighted by Gasteiger charge is 2.31. The van der Waals surface area contributed by atoms with Gasteiger partial charge in [-0.2, -0.15) is 0 Å². The average molecular weight is 263 g/mol. The van der Waals surface area contributed by atoms with Crippen LogP contribution in [0.3, 0.4) is 0 Å². The van der Waals surface area contributed by atoms with Crippen LogP contribution in [0.15, 0.2) is 18.2 Å². The van der Waals surface area contributed by atoms with Gasteiger partial charge in [-0.05, 0) is 56.8 Å². The molecule has 2 nitrogen and oxygen atoms in total. The summed E-state index contributed by atoms with van der Waals surface area (Å²) >= 11 is 0. The third kappa shape index (κ3) is 4.05. The number of likely N-dealkylation sites (N-methyl/N-ethyl adjacent to an activating group) is 1. The standard InChI is InChI=1S/C17H29NO/c1-7-17(5,19-6)16(18-8-2)12-15-10-9-13(3)14(4)11-15/h9-11,16,18H,7-8,12H2,1-6H3. The van der Waals surface area contributed by atoms with Crippen molar-refractivity contribution in [1.82, 2.24) is 5.32 Å². The van der Waals surface area contributed by atoms with E-state index in [0.29, 0.717) is 6.04 Å². The molecule has 2 atom stereocenters. The lowest BCUT2D eigenvalue weighted by Gasteiger charge is -2.36. The fourth-order valence-electron chi connectivity index (χ4n) is 2.45. The number of hydrogen-bond acceptors (Lipinski definition) is 2. The van der Waals surface area contributed by atoms with E-state index in [-0.39, 0.29) is 5.60 Å². The minimum absolute atomic E-state index is 0.116. The maximum atomic E-state index is 5.77.